The molecule has 3 aromatic carbocycles. The predicted octanol–water partition coefficient (Wildman–Crippen LogP) is 2.43. The maximum absolute atomic E-state index is 3.67. The molecule has 1 aliphatic rings. The summed E-state index contributed by atoms with van der Waals surface area (Å²) >= 11 is 1.55. The van der Waals surface area contributed by atoms with Crippen LogP contribution in [0.5, 0.6) is 0 Å². The van der Waals surface area contributed by atoms with E-state index in [9.17, 15) is 0 Å². The molecule has 1 aliphatic carbocycles. The predicted molar refractivity (Wildman–Crippen MR) is 139 cm³/mol. The average molecular weight is 575 g/mol. The maximum Gasteiger partial charge on any atom is -0.0958 e. The fraction of sp³-hybridized carbons (Fsp3) is 0.419. The van der Waals surface area contributed by atoms with Crippen LogP contribution in [-0.2, 0) is 41.5 Å². The van der Waals surface area contributed by atoms with Gasteiger partial charge in [-0.25, -0.2) is 0 Å². The summed E-state index contributed by atoms with van der Waals surface area (Å²) in [6, 6.07) is 21.5. The van der Waals surface area contributed by atoms with Gasteiger partial charge in [-0.1, -0.05) is 79.2 Å². The molecule has 3 aromatic rings. The van der Waals surface area contributed by atoms with E-state index in [-0.39, 0.29) is 35.6 Å². The van der Waals surface area contributed by atoms with Crippen LogP contribution in [0.1, 0.15) is 88.8 Å². The summed E-state index contributed by atoms with van der Waals surface area (Å²) in [6.07, 6.45) is 1.03. The zero-order valence-electron chi connectivity index (χ0n) is 22.6. The van der Waals surface area contributed by atoms with E-state index in [4.69, 9.17) is 0 Å². The van der Waals surface area contributed by atoms with Gasteiger partial charge in [0.05, 0.1) is 0 Å². The van der Waals surface area contributed by atoms with Crippen molar-refractivity contribution in [2.24, 2.45) is 0 Å². The van der Waals surface area contributed by atoms with Gasteiger partial charge in [0.1, 0.15) is 0 Å². The standard InChI is InChI=1S/C21H25.C7H9.C3H6.2ClH.Zr/c1-20(2,3)16-7-9-18-14(12-16)11-15-13-17(21(4,5)6)8-10-19(15)18;1-6-4-3-5-7(6)2;1-3-2;;;/h7-10,12H,11H2,1-6H3;3-5H,1-2H3;1-2H3;2*1H;/q2*-1;;;;+2/p-2. The largest absolute Gasteiger partial charge is 1.00 e. The smallest absolute Gasteiger partial charge is 0.0958 e. The van der Waals surface area contributed by atoms with E-state index >= 15 is 0 Å². The molecule has 0 nitrogen and oxygen atoms in total. The molecule has 0 saturated heterocycles. The first-order chi connectivity index (χ1) is 14.7. The second kappa shape index (κ2) is 13.4. The number of aryl methyl sites for hydroxylation is 2. The van der Waals surface area contributed by atoms with E-state index in [1.807, 2.05) is 0 Å². The van der Waals surface area contributed by atoms with Crippen molar-refractivity contribution >= 4 is 3.21 Å². The van der Waals surface area contributed by atoms with Crippen molar-refractivity contribution in [1.82, 2.24) is 0 Å². The molecule has 3 heteroatoms. The van der Waals surface area contributed by atoms with Crippen LogP contribution in [0.15, 0.2) is 48.5 Å². The molecule has 0 spiro atoms. The Hall–Kier alpha value is -0.877. The second-order valence-electron chi connectivity index (χ2n) is 11.2. The molecule has 0 aliphatic heterocycles. The molecule has 0 unspecified atom stereocenters. The van der Waals surface area contributed by atoms with Crippen molar-refractivity contribution in [2.75, 3.05) is 0 Å². The third kappa shape index (κ3) is 9.29. The van der Waals surface area contributed by atoms with Crippen LogP contribution in [-0.4, -0.2) is 3.21 Å². The Kier molecular flexibility index (Phi) is 13.1. The summed E-state index contributed by atoms with van der Waals surface area (Å²) in [7, 11) is 0. The topological polar surface area (TPSA) is 0 Å². The summed E-state index contributed by atoms with van der Waals surface area (Å²) in [4.78, 5) is 0. The van der Waals surface area contributed by atoms with Gasteiger partial charge in [0.2, 0.25) is 0 Å². The summed E-state index contributed by atoms with van der Waals surface area (Å²) in [5.74, 6) is 0. The fourth-order valence-electron chi connectivity index (χ4n) is 3.63. The molecule has 0 bridgehead atoms. The van der Waals surface area contributed by atoms with E-state index in [2.05, 4.69) is 124 Å². The Morgan fingerprint density at radius 1 is 0.824 bits per heavy atom. The van der Waals surface area contributed by atoms with E-state index in [1.54, 1.807) is 24.2 Å². The number of benzene rings is 2. The van der Waals surface area contributed by atoms with Crippen molar-refractivity contribution in [2.45, 2.75) is 86.5 Å². The van der Waals surface area contributed by atoms with Crippen LogP contribution in [0.4, 0.5) is 0 Å². The zero-order valence-corrected chi connectivity index (χ0v) is 26.6. The average Bonchev–Trinajstić information content (AvgIpc) is 3.21. The minimum atomic E-state index is 0. The summed E-state index contributed by atoms with van der Waals surface area (Å²) in [6.45, 7) is 22.1. The van der Waals surface area contributed by atoms with Crippen LogP contribution in [0.3, 0.4) is 0 Å². The van der Waals surface area contributed by atoms with Gasteiger partial charge in [0, 0.05) is 0 Å². The van der Waals surface area contributed by atoms with Gasteiger partial charge in [-0.05, 0) is 28.4 Å². The van der Waals surface area contributed by atoms with Crippen LogP contribution in [0, 0.1) is 19.9 Å². The first kappa shape index (κ1) is 33.1. The monoisotopic (exact) mass is 572 g/mol. The first-order valence-electron chi connectivity index (χ1n) is 11.6. The molecule has 34 heavy (non-hydrogen) atoms. The van der Waals surface area contributed by atoms with Crippen molar-refractivity contribution in [3.05, 3.63) is 88.0 Å². The molecule has 0 fully saturated rings. The van der Waals surface area contributed by atoms with Crippen LogP contribution in [0.2, 0.25) is 0 Å². The summed E-state index contributed by atoms with van der Waals surface area (Å²) < 4.78 is 1.51. The number of halogens is 2. The van der Waals surface area contributed by atoms with E-state index < -0.39 is 0 Å². The van der Waals surface area contributed by atoms with Crippen molar-refractivity contribution in [3.63, 3.8) is 0 Å². The molecule has 4 rings (SSSR count). The summed E-state index contributed by atoms with van der Waals surface area (Å²) in [5.41, 5.74) is 11.5. The molecular formula is C31H40Cl2Zr-2. The van der Waals surface area contributed by atoms with Gasteiger partial charge in [-0.3, -0.25) is 0 Å². The minimum absolute atomic E-state index is 0. The SMILES string of the molecule is CC(C)(C)c1[c-]c2c(cc1)-c1ccc(C(C)(C)C)cc1C2.C[C](C)=[Zr+2].Cc1c[cH-]cc1C.[Cl-].[Cl-]. The third-order valence-electron chi connectivity index (χ3n) is 5.78. The molecule has 0 amide bonds. The Labute approximate surface area is 236 Å². The van der Waals surface area contributed by atoms with Crippen molar-refractivity contribution < 1.29 is 49.0 Å². The zero-order chi connectivity index (χ0) is 24.3. The number of hydrogen-bond donors (Lipinski definition) is 0. The Bertz CT molecular complexity index is 994. The Morgan fingerprint density at radius 3 is 1.74 bits per heavy atom. The normalized spacial score (nSPS) is 11.4. The molecule has 0 saturated carbocycles. The number of hydrogen-bond acceptors (Lipinski definition) is 0. The fourth-order valence-corrected chi connectivity index (χ4v) is 3.63. The van der Waals surface area contributed by atoms with Crippen LogP contribution in [0.25, 0.3) is 11.1 Å². The van der Waals surface area contributed by atoms with E-state index in [0.29, 0.717) is 0 Å². The Balaban J connectivity index is 0.000000702. The van der Waals surface area contributed by atoms with Crippen molar-refractivity contribution in [3.8, 4) is 11.1 Å². The van der Waals surface area contributed by atoms with Gasteiger partial charge >= 0.3 is 41.3 Å². The van der Waals surface area contributed by atoms with Crippen LogP contribution >= 0.6 is 0 Å². The van der Waals surface area contributed by atoms with Gasteiger partial charge in [-0.15, -0.1) is 11.1 Å². The Morgan fingerprint density at radius 2 is 1.32 bits per heavy atom. The molecule has 0 heterocycles. The molecular weight excluding hydrogens is 534 g/mol. The van der Waals surface area contributed by atoms with Crippen LogP contribution < -0.4 is 24.8 Å². The third-order valence-corrected chi connectivity index (χ3v) is 5.78. The van der Waals surface area contributed by atoms with Gasteiger partial charge < -0.3 is 24.8 Å². The molecule has 0 radical (unpaired) electrons. The van der Waals surface area contributed by atoms with E-state index in [1.165, 1.54) is 47.7 Å². The minimum Gasteiger partial charge on any atom is -1.00 e. The van der Waals surface area contributed by atoms with Crippen molar-refractivity contribution in [1.29, 1.82) is 0 Å². The maximum atomic E-state index is 3.67. The molecule has 0 aromatic heterocycles. The van der Waals surface area contributed by atoms with Gasteiger partial charge in [-0.2, -0.15) is 53.1 Å². The van der Waals surface area contributed by atoms with Gasteiger partial charge in [0.25, 0.3) is 0 Å². The second-order valence-corrected chi connectivity index (χ2v) is 13.7. The quantitative estimate of drug-likeness (QED) is 0.283. The molecule has 184 valence electrons. The number of fused-ring (bicyclic) bond motifs is 3. The van der Waals surface area contributed by atoms with E-state index in [0.717, 1.165) is 6.42 Å². The molecule has 0 atom stereocenters. The van der Waals surface area contributed by atoms with Gasteiger partial charge in [0.15, 0.2) is 0 Å². The summed E-state index contributed by atoms with van der Waals surface area (Å²) in [5, 5.41) is 0. The number of rotatable bonds is 0. The molecule has 0 N–H and O–H groups in total. The first-order valence-corrected chi connectivity index (χ1v) is 12.8.